The monoisotopic (exact) mass is 245 g/mol. The zero-order valence-corrected chi connectivity index (χ0v) is 10.1. The number of nitrogens with one attached hydrogen (secondary N) is 2. The van der Waals surface area contributed by atoms with Gasteiger partial charge in [0.15, 0.2) is 0 Å². The van der Waals surface area contributed by atoms with Gasteiger partial charge in [-0.1, -0.05) is 0 Å². The highest BCUT2D eigenvalue weighted by molar-refractivity contribution is 5.91. The van der Waals surface area contributed by atoms with E-state index in [-0.39, 0.29) is 5.82 Å². The van der Waals surface area contributed by atoms with Crippen molar-refractivity contribution in [3.8, 4) is 0 Å². The summed E-state index contributed by atoms with van der Waals surface area (Å²) in [6.45, 7) is 3.07. The molecule has 4 heteroatoms. The van der Waals surface area contributed by atoms with Crippen molar-refractivity contribution in [2.24, 2.45) is 5.92 Å². The molecule has 1 aromatic carbocycles. The quantitative estimate of drug-likeness (QED) is 0.872. The van der Waals surface area contributed by atoms with Gasteiger partial charge in [-0.05, 0) is 55.1 Å². The fraction of sp³-hybridized carbons (Fsp3) is 0.357. The Morgan fingerprint density at radius 2 is 2.33 bits per heavy atom. The van der Waals surface area contributed by atoms with E-state index in [0.717, 1.165) is 36.2 Å². The average Bonchev–Trinajstić information content (AvgIpc) is 2.89. The van der Waals surface area contributed by atoms with Gasteiger partial charge < -0.3 is 10.6 Å². The SMILES string of the molecule is Fc1ccc2c(NCC3CCNC3)nccc2c1. The number of halogens is 1. The van der Waals surface area contributed by atoms with Crippen LogP contribution in [-0.2, 0) is 0 Å². The molecular formula is C14H16FN3. The highest BCUT2D eigenvalue weighted by Crippen LogP contribution is 2.22. The third-order valence-electron chi connectivity index (χ3n) is 3.45. The number of nitrogens with zero attached hydrogens (tertiary/aromatic N) is 1. The molecule has 0 saturated carbocycles. The van der Waals surface area contributed by atoms with E-state index in [1.165, 1.54) is 12.5 Å². The first kappa shape index (κ1) is 11.4. The molecule has 2 N–H and O–H groups in total. The van der Waals surface area contributed by atoms with Crippen molar-refractivity contribution < 1.29 is 4.39 Å². The van der Waals surface area contributed by atoms with Gasteiger partial charge >= 0.3 is 0 Å². The lowest BCUT2D eigenvalue weighted by Gasteiger charge is -2.12. The maximum Gasteiger partial charge on any atom is 0.133 e. The molecule has 2 aromatic rings. The molecule has 1 saturated heterocycles. The van der Waals surface area contributed by atoms with Crippen LogP contribution in [-0.4, -0.2) is 24.6 Å². The summed E-state index contributed by atoms with van der Waals surface area (Å²) in [6.07, 6.45) is 2.92. The molecule has 3 rings (SSSR count). The van der Waals surface area contributed by atoms with Crippen LogP contribution in [0.3, 0.4) is 0 Å². The lowest BCUT2D eigenvalue weighted by Crippen LogP contribution is -2.17. The number of hydrogen-bond acceptors (Lipinski definition) is 3. The van der Waals surface area contributed by atoms with Gasteiger partial charge in [-0.2, -0.15) is 0 Å². The number of rotatable bonds is 3. The van der Waals surface area contributed by atoms with E-state index in [1.807, 2.05) is 6.07 Å². The van der Waals surface area contributed by atoms with Crippen molar-refractivity contribution in [3.63, 3.8) is 0 Å². The summed E-state index contributed by atoms with van der Waals surface area (Å²) in [7, 11) is 0. The predicted octanol–water partition coefficient (Wildman–Crippen LogP) is 2.40. The van der Waals surface area contributed by atoms with Crippen LogP contribution in [0.25, 0.3) is 10.8 Å². The number of fused-ring (bicyclic) bond motifs is 1. The fourth-order valence-corrected chi connectivity index (χ4v) is 2.42. The zero-order valence-electron chi connectivity index (χ0n) is 10.1. The van der Waals surface area contributed by atoms with E-state index < -0.39 is 0 Å². The van der Waals surface area contributed by atoms with Gasteiger partial charge in [0.1, 0.15) is 11.6 Å². The number of aromatic nitrogens is 1. The molecule has 1 fully saturated rings. The Bertz CT molecular complexity index is 550. The molecule has 94 valence electrons. The third-order valence-corrected chi connectivity index (χ3v) is 3.45. The van der Waals surface area contributed by atoms with Crippen LogP contribution in [0.5, 0.6) is 0 Å². The molecule has 0 spiro atoms. The Kier molecular flexibility index (Phi) is 3.11. The van der Waals surface area contributed by atoms with Crippen molar-refractivity contribution in [1.82, 2.24) is 10.3 Å². The minimum atomic E-state index is -0.209. The Hall–Kier alpha value is -1.68. The Morgan fingerprint density at radius 1 is 1.39 bits per heavy atom. The Morgan fingerprint density at radius 3 is 3.17 bits per heavy atom. The molecule has 0 bridgehead atoms. The van der Waals surface area contributed by atoms with Crippen LogP contribution in [0.2, 0.25) is 0 Å². The van der Waals surface area contributed by atoms with Gasteiger partial charge in [0.25, 0.3) is 0 Å². The summed E-state index contributed by atoms with van der Waals surface area (Å²) >= 11 is 0. The summed E-state index contributed by atoms with van der Waals surface area (Å²) in [4.78, 5) is 4.34. The summed E-state index contributed by atoms with van der Waals surface area (Å²) in [5.74, 6) is 1.29. The summed E-state index contributed by atoms with van der Waals surface area (Å²) in [6, 6.07) is 6.64. The maximum absolute atomic E-state index is 13.2. The fourth-order valence-electron chi connectivity index (χ4n) is 2.42. The van der Waals surface area contributed by atoms with Gasteiger partial charge in [-0.3, -0.25) is 0 Å². The first-order valence-corrected chi connectivity index (χ1v) is 6.32. The first-order chi connectivity index (χ1) is 8.83. The van der Waals surface area contributed by atoms with E-state index in [0.29, 0.717) is 5.92 Å². The van der Waals surface area contributed by atoms with Crippen LogP contribution < -0.4 is 10.6 Å². The van der Waals surface area contributed by atoms with E-state index in [9.17, 15) is 4.39 Å². The summed E-state index contributed by atoms with van der Waals surface area (Å²) in [5, 5.41) is 8.58. The van der Waals surface area contributed by atoms with Gasteiger partial charge in [0, 0.05) is 18.1 Å². The van der Waals surface area contributed by atoms with E-state index >= 15 is 0 Å². The smallest absolute Gasteiger partial charge is 0.133 e. The molecule has 0 radical (unpaired) electrons. The largest absolute Gasteiger partial charge is 0.369 e. The maximum atomic E-state index is 13.2. The minimum Gasteiger partial charge on any atom is -0.369 e. The lowest BCUT2D eigenvalue weighted by atomic mass is 10.1. The second-order valence-electron chi connectivity index (χ2n) is 4.76. The van der Waals surface area contributed by atoms with Crippen LogP contribution >= 0.6 is 0 Å². The second kappa shape index (κ2) is 4.90. The molecule has 2 heterocycles. The predicted molar refractivity (Wildman–Crippen MR) is 71.2 cm³/mol. The van der Waals surface area contributed by atoms with Crippen molar-refractivity contribution in [1.29, 1.82) is 0 Å². The van der Waals surface area contributed by atoms with Crippen molar-refractivity contribution in [3.05, 3.63) is 36.3 Å². The molecular weight excluding hydrogens is 229 g/mol. The Balaban J connectivity index is 1.82. The van der Waals surface area contributed by atoms with Crippen LogP contribution in [0.15, 0.2) is 30.5 Å². The van der Waals surface area contributed by atoms with Crippen molar-refractivity contribution >= 4 is 16.6 Å². The molecule has 3 nitrogen and oxygen atoms in total. The number of pyridine rings is 1. The number of anilines is 1. The van der Waals surface area contributed by atoms with Gasteiger partial charge in [0.05, 0.1) is 0 Å². The lowest BCUT2D eigenvalue weighted by molar-refractivity contribution is 0.614. The first-order valence-electron chi connectivity index (χ1n) is 6.32. The molecule has 1 aliphatic rings. The number of benzene rings is 1. The molecule has 0 aliphatic carbocycles. The topological polar surface area (TPSA) is 37.0 Å². The van der Waals surface area contributed by atoms with Crippen molar-refractivity contribution in [2.45, 2.75) is 6.42 Å². The molecule has 1 atom stereocenters. The summed E-state index contributed by atoms with van der Waals surface area (Å²) < 4.78 is 13.2. The van der Waals surface area contributed by atoms with Crippen molar-refractivity contribution in [2.75, 3.05) is 25.0 Å². The summed E-state index contributed by atoms with van der Waals surface area (Å²) in [5.41, 5.74) is 0. The highest BCUT2D eigenvalue weighted by atomic mass is 19.1. The van der Waals surface area contributed by atoms with Crippen LogP contribution in [0.1, 0.15) is 6.42 Å². The molecule has 0 amide bonds. The van der Waals surface area contributed by atoms with Gasteiger partial charge in [-0.25, -0.2) is 9.37 Å². The van der Waals surface area contributed by atoms with E-state index in [4.69, 9.17) is 0 Å². The minimum absolute atomic E-state index is 0.209. The highest BCUT2D eigenvalue weighted by Gasteiger charge is 2.14. The second-order valence-corrected chi connectivity index (χ2v) is 4.76. The van der Waals surface area contributed by atoms with Crippen LogP contribution in [0, 0.1) is 11.7 Å². The van der Waals surface area contributed by atoms with Crippen LogP contribution in [0.4, 0.5) is 10.2 Å². The molecule has 1 aliphatic heterocycles. The van der Waals surface area contributed by atoms with E-state index in [1.54, 1.807) is 18.3 Å². The normalized spacial score (nSPS) is 19.3. The average molecular weight is 245 g/mol. The number of hydrogen-bond donors (Lipinski definition) is 2. The van der Waals surface area contributed by atoms with Gasteiger partial charge in [-0.15, -0.1) is 0 Å². The van der Waals surface area contributed by atoms with Gasteiger partial charge in [0.2, 0.25) is 0 Å². The zero-order chi connectivity index (χ0) is 12.4. The Labute approximate surface area is 105 Å². The molecule has 1 unspecified atom stereocenters. The standard InChI is InChI=1S/C14H16FN3/c15-12-1-2-13-11(7-12)4-6-17-14(13)18-9-10-3-5-16-8-10/h1-2,4,6-7,10,16H,3,5,8-9H2,(H,17,18). The molecule has 18 heavy (non-hydrogen) atoms. The van der Waals surface area contributed by atoms with E-state index in [2.05, 4.69) is 15.6 Å². The third kappa shape index (κ3) is 2.29. The molecule has 1 aromatic heterocycles.